The van der Waals surface area contributed by atoms with Crippen LogP contribution in [0.5, 0.6) is 0 Å². The third-order valence-corrected chi connectivity index (χ3v) is 5.78. The van der Waals surface area contributed by atoms with Crippen LogP contribution in [0.3, 0.4) is 0 Å². The molecule has 0 radical (unpaired) electrons. The molecule has 1 amide bonds. The van der Waals surface area contributed by atoms with E-state index in [9.17, 15) is 4.79 Å². The molecule has 3 heteroatoms. The quantitative estimate of drug-likeness (QED) is 0.675. The van der Waals surface area contributed by atoms with Gasteiger partial charge < -0.3 is 5.32 Å². The van der Waals surface area contributed by atoms with Gasteiger partial charge in [0.15, 0.2) is 0 Å². The van der Waals surface area contributed by atoms with Gasteiger partial charge in [-0.2, -0.15) is 0 Å². The van der Waals surface area contributed by atoms with Crippen LogP contribution in [0.2, 0.25) is 0 Å². The highest BCUT2D eigenvalue weighted by molar-refractivity contribution is 6.07. The van der Waals surface area contributed by atoms with E-state index in [1.54, 1.807) is 0 Å². The number of piperidine rings is 1. The molecule has 3 aromatic carbocycles. The number of benzene rings is 3. The maximum absolute atomic E-state index is 13.0. The van der Waals surface area contributed by atoms with Crippen molar-refractivity contribution >= 4 is 16.7 Å². The van der Waals surface area contributed by atoms with Gasteiger partial charge in [0, 0.05) is 12.1 Å². The Morgan fingerprint density at radius 1 is 0.929 bits per heavy atom. The molecule has 1 atom stereocenters. The lowest BCUT2D eigenvalue weighted by atomic mass is 10.00. The minimum atomic E-state index is 0.00548. The molecule has 0 spiro atoms. The number of amides is 1. The first-order valence-corrected chi connectivity index (χ1v) is 10.3. The minimum absolute atomic E-state index is 0.00548. The molecule has 0 aromatic heterocycles. The third kappa shape index (κ3) is 4.10. The van der Waals surface area contributed by atoms with Crippen LogP contribution in [-0.4, -0.2) is 30.4 Å². The minimum Gasteiger partial charge on any atom is -0.350 e. The summed E-state index contributed by atoms with van der Waals surface area (Å²) in [7, 11) is 0. The van der Waals surface area contributed by atoms with Crippen molar-refractivity contribution in [2.45, 2.75) is 32.2 Å². The van der Waals surface area contributed by atoms with Crippen LogP contribution in [0.15, 0.2) is 66.7 Å². The molecule has 144 valence electrons. The van der Waals surface area contributed by atoms with Crippen LogP contribution in [0, 0.1) is 6.92 Å². The van der Waals surface area contributed by atoms with E-state index < -0.39 is 0 Å². The number of nitrogens with one attached hydrogen (secondary N) is 1. The standard InChI is InChI=1S/C25H28N2O/c1-19-12-14-21(15-13-19)24(27-16-5-2-6-17-27)18-26-25(28)23-11-7-9-20-8-3-4-10-22(20)23/h3-4,7-15,24H,2,5-6,16-18H2,1H3,(H,26,28)/t24-/m0/s1. The zero-order valence-electron chi connectivity index (χ0n) is 16.5. The predicted molar refractivity (Wildman–Crippen MR) is 116 cm³/mol. The number of hydrogen-bond acceptors (Lipinski definition) is 2. The number of likely N-dealkylation sites (tertiary alicyclic amines) is 1. The molecule has 28 heavy (non-hydrogen) atoms. The van der Waals surface area contributed by atoms with Crippen molar-refractivity contribution in [3.8, 4) is 0 Å². The Morgan fingerprint density at radius 2 is 1.64 bits per heavy atom. The molecule has 0 aliphatic carbocycles. The van der Waals surface area contributed by atoms with E-state index in [-0.39, 0.29) is 11.9 Å². The van der Waals surface area contributed by atoms with Gasteiger partial charge in [0.2, 0.25) is 0 Å². The normalized spacial score (nSPS) is 16.0. The van der Waals surface area contributed by atoms with Gasteiger partial charge in [-0.25, -0.2) is 0 Å². The van der Waals surface area contributed by atoms with Crippen LogP contribution in [0.25, 0.3) is 10.8 Å². The van der Waals surface area contributed by atoms with Gasteiger partial charge in [-0.1, -0.05) is 72.6 Å². The maximum atomic E-state index is 13.0. The molecule has 1 saturated heterocycles. The van der Waals surface area contributed by atoms with Crippen molar-refractivity contribution in [3.63, 3.8) is 0 Å². The molecule has 3 nitrogen and oxygen atoms in total. The molecule has 1 fully saturated rings. The number of carbonyl (C=O) groups is 1. The molecule has 1 aliphatic rings. The van der Waals surface area contributed by atoms with Gasteiger partial charge >= 0.3 is 0 Å². The summed E-state index contributed by atoms with van der Waals surface area (Å²) < 4.78 is 0. The van der Waals surface area contributed by atoms with Gasteiger partial charge in [-0.3, -0.25) is 9.69 Å². The van der Waals surface area contributed by atoms with Crippen LogP contribution >= 0.6 is 0 Å². The van der Waals surface area contributed by atoms with Crippen molar-refractivity contribution in [3.05, 3.63) is 83.4 Å². The van der Waals surface area contributed by atoms with Gasteiger partial charge in [0.25, 0.3) is 5.91 Å². The highest BCUT2D eigenvalue weighted by atomic mass is 16.1. The SMILES string of the molecule is Cc1ccc([C@H](CNC(=O)c2cccc3ccccc23)N2CCCCC2)cc1. The van der Waals surface area contributed by atoms with E-state index in [0.29, 0.717) is 6.54 Å². The van der Waals surface area contributed by atoms with Crippen LogP contribution in [-0.2, 0) is 0 Å². The topological polar surface area (TPSA) is 32.3 Å². The zero-order chi connectivity index (χ0) is 19.3. The maximum Gasteiger partial charge on any atom is 0.251 e. The van der Waals surface area contributed by atoms with Crippen molar-refractivity contribution in [1.29, 1.82) is 0 Å². The number of hydrogen-bond donors (Lipinski definition) is 1. The Kier molecular flexibility index (Phi) is 5.73. The van der Waals surface area contributed by atoms with Crippen LogP contribution in [0.1, 0.15) is 46.8 Å². The fourth-order valence-corrected chi connectivity index (χ4v) is 4.18. The zero-order valence-corrected chi connectivity index (χ0v) is 16.5. The van der Waals surface area contributed by atoms with Gasteiger partial charge in [-0.15, -0.1) is 0 Å². The number of carbonyl (C=O) groups excluding carboxylic acids is 1. The van der Waals surface area contributed by atoms with Gasteiger partial charge in [-0.05, 0) is 55.3 Å². The van der Waals surface area contributed by atoms with E-state index in [4.69, 9.17) is 0 Å². The van der Waals surface area contributed by atoms with Gasteiger partial charge in [0.05, 0.1) is 6.04 Å². The van der Waals surface area contributed by atoms with E-state index in [0.717, 1.165) is 29.4 Å². The first-order chi connectivity index (χ1) is 13.7. The lowest BCUT2D eigenvalue weighted by molar-refractivity contribution is 0.0926. The van der Waals surface area contributed by atoms with E-state index in [1.807, 2.05) is 30.3 Å². The van der Waals surface area contributed by atoms with Crippen molar-refractivity contribution < 1.29 is 4.79 Å². The predicted octanol–water partition coefficient (Wildman–Crippen LogP) is 5.11. The Balaban J connectivity index is 1.54. The molecule has 4 rings (SSSR count). The Bertz CT molecular complexity index is 937. The molecule has 3 aromatic rings. The lowest BCUT2D eigenvalue weighted by Gasteiger charge is -2.35. The molecular weight excluding hydrogens is 344 g/mol. The third-order valence-electron chi connectivity index (χ3n) is 5.78. The molecule has 0 bridgehead atoms. The van der Waals surface area contributed by atoms with E-state index >= 15 is 0 Å². The number of nitrogens with zero attached hydrogens (tertiary/aromatic N) is 1. The summed E-state index contributed by atoms with van der Waals surface area (Å²) in [5, 5.41) is 5.33. The monoisotopic (exact) mass is 372 g/mol. The van der Waals surface area contributed by atoms with Crippen molar-refractivity contribution in [2.24, 2.45) is 0 Å². The summed E-state index contributed by atoms with van der Waals surface area (Å²) in [4.78, 5) is 15.5. The summed E-state index contributed by atoms with van der Waals surface area (Å²) in [6.07, 6.45) is 3.78. The Hall–Kier alpha value is -2.65. The van der Waals surface area contributed by atoms with E-state index in [1.165, 1.54) is 30.4 Å². The van der Waals surface area contributed by atoms with E-state index in [2.05, 4.69) is 53.5 Å². The lowest BCUT2D eigenvalue weighted by Crippen LogP contribution is -2.40. The second kappa shape index (κ2) is 8.57. The Morgan fingerprint density at radius 3 is 2.43 bits per heavy atom. The molecule has 1 heterocycles. The van der Waals surface area contributed by atoms with Gasteiger partial charge in [0.1, 0.15) is 0 Å². The second-order valence-electron chi connectivity index (χ2n) is 7.76. The molecular formula is C25H28N2O. The fourth-order valence-electron chi connectivity index (χ4n) is 4.18. The van der Waals surface area contributed by atoms with Crippen molar-refractivity contribution in [1.82, 2.24) is 10.2 Å². The first kappa shape index (κ1) is 18.7. The highest BCUT2D eigenvalue weighted by Gasteiger charge is 2.23. The molecule has 1 N–H and O–H groups in total. The van der Waals surface area contributed by atoms with Crippen LogP contribution in [0.4, 0.5) is 0 Å². The second-order valence-corrected chi connectivity index (χ2v) is 7.76. The Labute approximate surface area is 167 Å². The largest absolute Gasteiger partial charge is 0.350 e. The molecule has 0 unspecified atom stereocenters. The average molecular weight is 373 g/mol. The van der Waals surface area contributed by atoms with Crippen LogP contribution < -0.4 is 5.32 Å². The molecule has 1 aliphatic heterocycles. The fraction of sp³-hybridized carbons (Fsp3) is 0.320. The van der Waals surface area contributed by atoms with Crippen molar-refractivity contribution in [2.75, 3.05) is 19.6 Å². The highest BCUT2D eigenvalue weighted by Crippen LogP contribution is 2.25. The number of fused-ring (bicyclic) bond motifs is 1. The number of rotatable bonds is 5. The molecule has 0 saturated carbocycles. The summed E-state index contributed by atoms with van der Waals surface area (Å²) in [5.41, 5.74) is 3.30. The average Bonchev–Trinajstić information content (AvgIpc) is 2.75. The summed E-state index contributed by atoms with van der Waals surface area (Å²) in [6.45, 7) is 4.94. The summed E-state index contributed by atoms with van der Waals surface area (Å²) in [6, 6.07) is 23.0. The summed E-state index contributed by atoms with van der Waals surface area (Å²) >= 11 is 0. The summed E-state index contributed by atoms with van der Waals surface area (Å²) in [5.74, 6) is 0.00548. The first-order valence-electron chi connectivity index (χ1n) is 10.3. The smallest absolute Gasteiger partial charge is 0.251 e. The number of aryl methyl sites for hydroxylation is 1.